The van der Waals surface area contributed by atoms with Gasteiger partial charge in [0, 0.05) is 43.6 Å². The number of rotatable bonds is 3. The van der Waals surface area contributed by atoms with E-state index in [9.17, 15) is 4.79 Å². The van der Waals surface area contributed by atoms with Crippen LogP contribution in [0.5, 0.6) is 0 Å². The molecule has 0 bridgehead atoms. The largest absolute Gasteiger partial charge is 0.378 e. The van der Waals surface area contributed by atoms with Gasteiger partial charge in [0.2, 0.25) is 5.91 Å². The second kappa shape index (κ2) is 6.87. The molecule has 0 saturated carbocycles. The van der Waals surface area contributed by atoms with Gasteiger partial charge < -0.3 is 15.0 Å². The lowest BCUT2D eigenvalue weighted by Crippen LogP contribution is -2.54. The topological polar surface area (TPSA) is 44.8 Å². The summed E-state index contributed by atoms with van der Waals surface area (Å²) in [5.74, 6) is 0.231. The van der Waals surface area contributed by atoms with Crippen molar-refractivity contribution in [2.75, 3.05) is 45.9 Å². The van der Waals surface area contributed by atoms with Crippen LogP contribution in [0.1, 0.15) is 17.8 Å². The molecule has 1 aromatic heterocycles. The van der Waals surface area contributed by atoms with Gasteiger partial charge >= 0.3 is 0 Å². The fourth-order valence-corrected chi connectivity index (χ4v) is 3.91. The standard InChI is InChI=1S/C15H23N3O2S/c1-12-11-18(5-4-16-12)14(13-3-2-10-21-13)15(19)17-6-8-20-9-7-17/h2-3,10,12,14,16H,4-9,11H2,1H3. The van der Waals surface area contributed by atoms with Gasteiger partial charge in [0.1, 0.15) is 6.04 Å². The molecule has 2 unspecified atom stereocenters. The molecule has 0 aliphatic carbocycles. The number of carbonyl (C=O) groups excluding carboxylic acids is 1. The Kier molecular flexibility index (Phi) is 4.90. The van der Waals surface area contributed by atoms with Crippen LogP contribution >= 0.6 is 11.3 Å². The predicted molar refractivity (Wildman–Crippen MR) is 83.5 cm³/mol. The van der Waals surface area contributed by atoms with Gasteiger partial charge in [-0.25, -0.2) is 0 Å². The number of amides is 1. The van der Waals surface area contributed by atoms with Gasteiger partial charge in [-0.15, -0.1) is 11.3 Å². The van der Waals surface area contributed by atoms with E-state index < -0.39 is 0 Å². The zero-order chi connectivity index (χ0) is 14.7. The maximum absolute atomic E-state index is 13.0. The molecule has 21 heavy (non-hydrogen) atoms. The van der Waals surface area contributed by atoms with Crippen molar-refractivity contribution in [2.24, 2.45) is 0 Å². The Labute approximate surface area is 129 Å². The van der Waals surface area contributed by atoms with Crippen LogP contribution in [0, 0.1) is 0 Å². The molecular formula is C15H23N3O2S. The molecule has 2 saturated heterocycles. The summed E-state index contributed by atoms with van der Waals surface area (Å²) in [7, 11) is 0. The maximum atomic E-state index is 13.0. The third-order valence-electron chi connectivity index (χ3n) is 4.13. The summed E-state index contributed by atoms with van der Waals surface area (Å²) in [4.78, 5) is 18.5. The molecule has 1 N–H and O–H groups in total. The van der Waals surface area contributed by atoms with E-state index in [2.05, 4.69) is 28.6 Å². The monoisotopic (exact) mass is 309 g/mol. The Morgan fingerprint density at radius 3 is 2.90 bits per heavy atom. The second-order valence-electron chi connectivity index (χ2n) is 5.71. The normalized spacial score (nSPS) is 25.8. The van der Waals surface area contributed by atoms with Crippen molar-refractivity contribution in [3.63, 3.8) is 0 Å². The van der Waals surface area contributed by atoms with Crippen LogP contribution in [0.4, 0.5) is 0 Å². The van der Waals surface area contributed by atoms with Gasteiger partial charge in [-0.2, -0.15) is 0 Å². The van der Waals surface area contributed by atoms with Crippen molar-refractivity contribution in [3.8, 4) is 0 Å². The highest BCUT2D eigenvalue weighted by atomic mass is 32.1. The average molecular weight is 309 g/mol. The Hall–Kier alpha value is -0.950. The van der Waals surface area contributed by atoms with Gasteiger partial charge in [-0.3, -0.25) is 9.69 Å². The quantitative estimate of drug-likeness (QED) is 0.903. The lowest BCUT2D eigenvalue weighted by atomic mass is 10.1. The van der Waals surface area contributed by atoms with Gasteiger partial charge in [-0.1, -0.05) is 6.07 Å². The van der Waals surface area contributed by atoms with Crippen LogP contribution in [0.3, 0.4) is 0 Å². The molecule has 5 nitrogen and oxygen atoms in total. The van der Waals surface area contributed by atoms with E-state index in [1.54, 1.807) is 11.3 Å². The lowest BCUT2D eigenvalue weighted by Gasteiger charge is -2.39. The zero-order valence-corrected chi connectivity index (χ0v) is 13.3. The van der Waals surface area contributed by atoms with Crippen molar-refractivity contribution in [1.82, 2.24) is 15.1 Å². The third-order valence-corrected chi connectivity index (χ3v) is 5.06. The number of hydrogen-bond acceptors (Lipinski definition) is 5. The summed E-state index contributed by atoms with van der Waals surface area (Å²) in [6.45, 7) is 7.68. The van der Waals surface area contributed by atoms with Gasteiger partial charge in [-0.05, 0) is 18.4 Å². The van der Waals surface area contributed by atoms with Crippen molar-refractivity contribution >= 4 is 17.2 Å². The number of nitrogens with zero attached hydrogens (tertiary/aromatic N) is 2. The van der Waals surface area contributed by atoms with E-state index in [4.69, 9.17) is 4.74 Å². The number of thiophene rings is 1. The van der Waals surface area contributed by atoms with Gasteiger partial charge in [0.05, 0.1) is 13.2 Å². The summed E-state index contributed by atoms with van der Waals surface area (Å²) in [6.07, 6.45) is 0. The average Bonchev–Trinajstić information content (AvgIpc) is 3.02. The third kappa shape index (κ3) is 3.45. The SMILES string of the molecule is CC1CN(C(C(=O)N2CCOCC2)c2cccs2)CCN1. The van der Waals surface area contributed by atoms with E-state index in [0.717, 1.165) is 24.5 Å². The molecule has 0 spiro atoms. The van der Waals surface area contributed by atoms with Crippen molar-refractivity contribution < 1.29 is 9.53 Å². The highest BCUT2D eigenvalue weighted by Gasteiger charge is 2.34. The van der Waals surface area contributed by atoms with Crippen LogP contribution < -0.4 is 5.32 Å². The molecule has 116 valence electrons. The number of piperazine rings is 1. The number of morpholine rings is 1. The Balaban J connectivity index is 1.80. The Bertz CT molecular complexity index is 459. The second-order valence-corrected chi connectivity index (χ2v) is 6.68. The molecule has 1 aromatic rings. The molecule has 2 aliphatic rings. The summed E-state index contributed by atoms with van der Waals surface area (Å²) in [5, 5.41) is 5.50. The maximum Gasteiger partial charge on any atom is 0.245 e. The zero-order valence-electron chi connectivity index (χ0n) is 12.5. The minimum Gasteiger partial charge on any atom is -0.378 e. The van der Waals surface area contributed by atoms with Crippen LogP contribution in [0.2, 0.25) is 0 Å². The first-order valence-electron chi connectivity index (χ1n) is 7.63. The molecule has 0 aromatic carbocycles. The van der Waals surface area contributed by atoms with Gasteiger partial charge in [0.15, 0.2) is 0 Å². The molecule has 6 heteroatoms. The molecular weight excluding hydrogens is 286 g/mol. The van der Waals surface area contributed by atoms with Crippen LogP contribution in [-0.4, -0.2) is 67.7 Å². The van der Waals surface area contributed by atoms with Crippen molar-refractivity contribution in [1.29, 1.82) is 0 Å². The Morgan fingerprint density at radius 2 is 2.24 bits per heavy atom. The van der Waals surface area contributed by atoms with Crippen molar-refractivity contribution in [3.05, 3.63) is 22.4 Å². The highest BCUT2D eigenvalue weighted by molar-refractivity contribution is 7.10. The number of ether oxygens (including phenoxy) is 1. The summed E-state index contributed by atoms with van der Waals surface area (Å²) in [6, 6.07) is 4.41. The van der Waals surface area contributed by atoms with E-state index in [1.165, 1.54) is 0 Å². The number of carbonyl (C=O) groups is 1. The number of hydrogen-bond donors (Lipinski definition) is 1. The van der Waals surface area contributed by atoms with Gasteiger partial charge in [0.25, 0.3) is 0 Å². The van der Waals surface area contributed by atoms with Crippen molar-refractivity contribution in [2.45, 2.75) is 19.0 Å². The highest BCUT2D eigenvalue weighted by Crippen LogP contribution is 2.28. The van der Waals surface area contributed by atoms with Crippen LogP contribution in [0.15, 0.2) is 17.5 Å². The smallest absolute Gasteiger partial charge is 0.245 e. The molecule has 2 fully saturated rings. The first-order valence-corrected chi connectivity index (χ1v) is 8.51. The van der Waals surface area contributed by atoms with E-state index in [-0.39, 0.29) is 11.9 Å². The summed E-state index contributed by atoms with van der Waals surface area (Å²) in [5.41, 5.74) is 0. The molecule has 2 aliphatic heterocycles. The first-order chi connectivity index (χ1) is 10.3. The fourth-order valence-electron chi connectivity index (χ4n) is 3.06. The Morgan fingerprint density at radius 1 is 1.43 bits per heavy atom. The summed E-state index contributed by atoms with van der Waals surface area (Å²) < 4.78 is 5.37. The van der Waals surface area contributed by atoms with Crippen LogP contribution in [0.25, 0.3) is 0 Å². The van der Waals surface area contributed by atoms with E-state index in [1.807, 2.05) is 11.0 Å². The lowest BCUT2D eigenvalue weighted by molar-refractivity contribution is -0.141. The van der Waals surface area contributed by atoms with E-state index in [0.29, 0.717) is 32.3 Å². The minimum absolute atomic E-state index is 0.132. The summed E-state index contributed by atoms with van der Waals surface area (Å²) >= 11 is 1.68. The van der Waals surface area contributed by atoms with Crippen LogP contribution in [-0.2, 0) is 9.53 Å². The first kappa shape index (κ1) is 15.0. The molecule has 0 radical (unpaired) electrons. The molecule has 3 heterocycles. The fraction of sp³-hybridized carbons (Fsp3) is 0.667. The predicted octanol–water partition coefficient (Wildman–Crippen LogP) is 0.942. The molecule has 1 amide bonds. The van der Waals surface area contributed by atoms with E-state index >= 15 is 0 Å². The minimum atomic E-state index is -0.132. The molecule has 2 atom stereocenters. The molecule has 3 rings (SSSR count). The number of nitrogens with one attached hydrogen (secondary N) is 1.